The average Bonchev–Trinajstić information content (AvgIpc) is 3.28. The van der Waals surface area contributed by atoms with Crippen LogP contribution in [-0.4, -0.2) is 60.4 Å². The molecule has 0 radical (unpaired) electrons. The number of methoxy groups -OCH3 is 1. The Hall–Kier alpha value is -2.09. The molecule has 3 aliphatic rings. The Bertz CT molecular complexity index is 884. The predicted molar refractivity (Wildman–Crippen MR) is 111 cm³/mol. The summed E-state index contributed by atoms with van der Waals surface area (Å²) in [7, 11) is 1.44. The van der Waals surface area contributed by atoms with Gasteiger partial charge in [0.25, 0.3) is 0 Å². The maximum Gasteiger partial charge on any atom is 0.318 e. The molecule has 5 rings (SSSR count). The molecule has 0 spiro atoms. The van der Waals surface area contributed by atoms with E-state index < -0.39 is 17.8 Å². The molecule has 3 saturated heterocycles. The van der Waals surface area contributed by atoms with E-state index in [1.807, 2.05) is 0 Å². The van der Waals surface area contributed by atoms with E-state index in [0.717, 1.165) is 45.0 Å². The summed E-state index contributed by atoms with van der Waals surface area (Å²) in [5.74, 6) is -0.257. The van der Waals surface area contributed by atoms with Gasteiger partial charge in [-0.3, -0.25) is 4.90 Å². The Labute approximate surface area is 175 Å². The predicted octanol–water partition coefficient (Wildman–Crippen LogP) is 4.35. The number of hydrogen-bond donors (Lipinski definition) is 0. The topological polar surface area (TPSA) is 41.5 Å². The van der Waals surface area contributed by atoms with Crippen molar-refractivity contribution in [3.8, 4) is 6.01 Å². The van der Waals surface area contributed by atoms with Crippen molar-refractivity contribution in [3.05, 3.63) is 23.8 Å². The molecular formula is C22H29F3N4O. The van der Waals surface area contributed by atoms with E-state index in [-0.39, 0.29) is 11.5 Å². The van der Waals surface area contributed by atoms with Crippen molar-refractivity contribution < 1.29 is 17.9 Å². The third-order valence-electron chi connectivity index (χ3n) is 6.28. The number of benzene rings is 1. The fourth-order valence-electron chi connectivity index (χ4n) is 4.86. The van der Waals surface area contributed by atoms with E-state index in [1.54, 1.807) is 0 Å². The molecule has 3 fully saturated rings. The number of halogens is 3. The van der Waals surface area contributed by atoms with Crippen molar-refractivity contribution in [3.63, 3.8) is 0 Å². The van der Waals surface area contributed by atoms with E-state index in [2.05, 4.69) is 26.7 Å². The summed E-state index contributed by atoms with van der Waals surface area (Å²) >= 11 is 0. The minimum Gasteiger partial charge on any atom is -0.467 e. The summed E-state index contributed by atoms with van der Waals surface area (Å²) in [6, 6.07) is 2.82. The summed E-state index contributed by atoms with van der Waals surface area (Å²) in [6.07, 6.45) is 5.00. The minimum absolute atomic E-state index is 0.0940. The van der Waals surface area contributed by atoms with E-state index in [1.165, 1.54) is 26.0 Å². The largest absolute Gasteiger partial charge is 0.467 e. The molecule has 1 aromatic heterocycles. The second kappa shape index (κ2) is 8.96. The molecule has 4 heterocycles. The molecule has 0 N–H and O–H groups in total. The molecule has 0 aliphatic carbocycles. The summed E-state index contributed by atoms with van der Waals surface area (Å²) in [4.78, 5) is 12.7. The smallest absolute Gasteiger partial charge is 0.318 e. The number of piperidine rings is 1. The molecule has 0 bridgehead atoms. The molecule has 1 aromatic carbocycles. The van der Waals surface area contributed by atoms with Crippen molar-refractivity contribution in [1.29, 1.82) is 0 Å². The fourth-order valence-corrected chi connectivity index (χ4v) is 4.86. The van der Waals surface area contributed by atoms with Crippen LogP contribution >= 0.6 is 0 Å². The van der Waals surface area contributed by atoms with Gasteiger partial charge < -0.3 is 9.64 Å². The lowest BCUT2D eigenvalue weighted by atomic mass is 10.00. The van der Waals surface area contributed by atoms with Crippen LogP contribution in [0.4, 0.5) is 19.0 Å². The first-order valence-electron chi connectivity index (χ1n) is 10.8. The van der Waals surface area contributed by atoms with Crippen molar-refractivity contribution in [2.24, 2.45) is 5.92 Å². The highest BCUT2D eigenvalue weighted by molar-refractivity contribution is 5.90. The fraction of sp³-hybridized carbons (Fsp3) is 0.636. The zero-order valence-electron chi connectivity index (χ0n) is 17.6. The molecule has 2 aromatic rings. The van der Waals surface area contributed by atoms with Crippen LogP contribution in [0.25, 0.3) is 10.9 Å². The Kier molecular flexibility index (Phi) is 6.32. The van der Waals surface area contributed by atoms with Gasteiger partial charge in [0.15, 0.2) is 5.82 Å². The number of ether oxygens (including phenoxy) is 1. The normalized spacial score (nSPS) is 26.4. The molecule has 3 aliphatic heterocycles. The zero-order valence-corrected chi connectivity index (χ0v) is 17.6. The van der Waals surface area contributed by atoms with E-state index >= 15 is 0 Å². The molecule has 8 heteroatoms. The Morgan fingerprint density at radius 1 is 1.07 bits per heavy atom. The minimum atomic E-state index is -0.697. The standard InChI is InChI=1S/C15H17F2N3O.C7H12FN/c1-9-4-3-5-20(8-9)14-11-6-10(16)7-12(17)13(11)18-15(19-14)21-2;8-6-4-7-2-1-3-9(7)5-6/h6-7,9H,3-5,8H2,1-2H3;6-7H,1-5H2. The molecule has 0 saturated carbocycles. The van der Waals surface area contributed by atoms with Crippen molar-refractivity contribution >= 4 is 16.7 Å². The maximum atomic E-state index is 14.0. The van der Waals surface area contributed by atoms with Crippen LogP contribution in [0.5, 0.6) is 6.01 Å². The number of alkyl halides is 1. The lowest BCUT2D eigenvalue weighted by molar-refractivity contribution is 0.292. The quantitative estimate of drug-likeness (QED) is 0.720. The molecule has 5 nitrogen and oxygen atoms in total. The number of anilines is 1. The third kappa shape index (κ3) is 4.48. The van der Waals surface area contributed by atoms with E-state index in [0.29, 0.717) is 29.7 Å². The molecule has 3 unspecified atom stereocenters. The number of rotatable bonds is 2. The first kappa shape index (κ1) is 21.2. The Morgan fingerprint density at radius 2 is 1.87 bits per heavy atom. The molecule has 0 amide bonds. The highest BCUT2D eigenvalue weighted by atomic mass is 19.1. The monoisotopic (exact) mass is 422 g/mol. The van der Waals surface area contributed by atoms with Gasteiger partial charge in [0.1, 0.15) is 23.3 Å². The summed E-state index contributed by atoms with van der Waals surface area (Å²) in [6.45, 7) is 5.65. The SMILES string of the molecule is COc1nc(N2CCCC(C)C2)c2cc(F)cc(F)c2n1.FC1CC2CCCN2C1. The van der Waals surface area contributed by atoms with Gasteiger partial charge in [0.2, 0.25) is 0 Å². The van der Waals surface area contributed by atoms with Crippen LogP contribution in [0.2, 0.25) is 0 Å². The zero-order chi connectivity index (χ0) is 21.3. The first-order chi connectivity index (χ1) is 14.4. The third-order valence-corrected chi connectivity index (χ3v) is 6.28. The van der Waals surface area contributed by atoms with Gasteiger partial charge in [-0.1, -0.05) is 6.92 Å². The van der Waals surface area contributed by atoms with Crippen LogP contribution in [0.15, 0.2) is 12.1 Å². The second-order valence-electron chi connectivity index (χ2n) is 8.64. The number of fused-ring (bicyclic) bond motifs is 2. The van der Waals surface area contributed by atoms with Crippen molar-refractivity contribution in [2.45, 2.75) is 51.2 Å². The average molecular weight is 422 g/mol. The molecule has 30 heavy (non-hydrogen) atoms. The summed E-state index contributed by atoms with van der Waals surface area (Å²) < 4.78 is 45.2. The van der Waals surface area contributed by atoms with Crippen molar-refractivity contribution in [2.75, 3.05) is 38.2 Å². The summed E-state index contributed by atoms with van der Waals surface area (Å²) in [5, 5.41) is 0.391. The summed E-state index contributed by atoms with van der Waals surface area (Å²) in [5.41, 5.74) is 0.0940. The Balaban J connectivity index is 0.000000200. The van der Waals surface area contributed by atoms with Crippen LogP contribution in [0.3, 0.4) is 0 Å². The van der Waals surface area contributed by atoms with Crippen LogP contribution < -0.4 is 9.64 Å². The first-order valence-corrected chi connectivity index (χ1v) is 10.8. The van der Waals surface area contributed by atoms with Gasteiger partial charge >= 0.3 is 6.01 Å². The van der Waals surface area contributed by atoms with Gasteiger partial charge in [-0.15, -0.1) is 0 Å². The van der Waals surface area contributed by atoms with Crippen LogP contribution in [0, 0.1) is 17.6 Å². The molecule has 164 valence electrons. The second-order valence-corrected chi connectivity index (χ2v) is 8.64. The van der Waals surface area contributed by atoms with Gasteiger partial charge in [0, 0.05) is 37.1 Å². The maximum absolute atomic E-state index is 14.0. The van der Waals surface area contributed by atoms with Crippen LogP contribution in [0.1, 0.15) is 39.0 Å². The van der Waals surface area contributed by atoms with E-state index in [4.69, 9.17) is 4.74 Å². The highest BCUT2D eigenvalue weighted by Crippen LogP contribution is 2.31. The van der Waals surface area contributed by atoms with Gasteiger partial charge in [-0.2, -0.15) is 9.97 Å². The van der Waals surface area contributed by atoms with Gasteiger partial charge in [-0.25, -0.2) is 13.2 Å². The van der Waals surface area contributed by atoms with Crippen molar-refractivity contribution in [1.82, 2.24) is 14.9 Å². The highest BCUT2D eigenvalue weighted by Gasteiger charge is 2.34. The lowest BCUT2D eigenvalue weighted by Gasteiger charge is -2.32. The Morgan fingerprint density at radius 3 is 2.60 bits per heavy atom. The van der Waals surface area contributed by atoms with Crippen LogP contribution in [-0.2, 0) is 0 Å². The number of nitrogens with zero attached hydrogens (tertiary/aromatic N) is 4. The van der Waals surface area contributed by atoms with Gasteiger partial charge in [0.05, 0.1) is 7.11 Å². The number of aromatic nitrogens is 2. The molecular weight excluding hydrogens is 393 g/mol. The molecule has 3 atom stereocenters. The van der Waals surface area contributed by atoms with E-state index in [9.17, 15) is 13.2 Å². The van der Waals surface area contributed by atoms with Gasteiger partial charge in [-0.05, 0) is 50.6 Å². The number of hydrogen-bond acceptors (Lipinski definition) is 5. The lowest BCUT2D eigenvalue weighted by Crippen LogP contribution is -2.35.